The second-order valence-corrected chi connectivity index (χ2v) is 7.21. The monoisotopic (exact) mass is 403 g/mol. The molecule has 0 aliphatic carbocycles. The third-order valence-corrected chi connectivity index (χ3v) is 5.41. The zero-order chi connectivity index (χ0) is 19.8. The van der Waals surface area contributed by atoms with Crippen LogP contribution in [0.25, 0.3) is 0 Å². The molecule has 3 heterocycles. The van der Waals surface area contributed by atoms with Crippen molar-refractivity contribution >= 4 is 17.2 Å². The molecular weight excluding hydrogens is 383 g/mol. The summed E-state index contributed by atoms with van der Waals surface area (Å²) in [6.07, 6.45) is -4.37. The summed E-state index contributed by atoms with van der Waals surface area (Å²) in [5.41, 5.74) is 1.46. The number of alkyl halides is 3. The highest BCUT2D eigenvalue weighted by Crippen LogP contribution is 2.33. The SMILES string of the molecule is COc1csc(C(=O)N2CCOC[C@@H]2c2c(C)nn(CC(F)(F)F)c2C)c1. The average molecular weight is 403 g/mol. The molecule has 0 aromatic carbocycles. The maximum absolute atomic E-state index is 13.0. The summed E-state index contributed by atoms with van der Waals surface area (Å²) >= 11 is 1.27. The average Bonchev–Trinajstić information content (AvgIpc) is 3.18. The number of methoxy groups -OCH3 is 1. The Morgan fingerprint density at radius 1 is 1.44 bits per heavy atom. The van der Waals surface area contributed by atoms with E-state index in [1.165, 1.54) is 18.4 Å². The second-order valence-electron chi connectivity index (χ2n) is 6.30. The molecule has 0 radical (unpaired) electrons. The van der Waals surface area contributed by atoms with Crippen LogP contribution < -0.4 is 4.74 Å². The molecule has 3 rings (SSSR count). The first-order valence-electron chi connectivity index (χ1n) is 8.33. The molecule has 2 aromatic rings. The molecule has 1 aliphatic heterocycles. The van der Waals surface area contributed by atoms with Crippen LogP contribution >= 0.6 is 11.3 Å². The number of aromatic nitrogens is 2. The quantitative estimate of drug-likeness (QED) is 0.786. The molecule has 0 saturated carbocycles. The number of rotatable bonds is 4. The normalized spacial score (nSPS) is 18.0. The molecule has 1 atom stereocenters. The summed E-state index contributed by atoms with van der Waals surface area (Å²) < 4.78 is 50.0. The van der Waals surface area contributed by atoms with Gasteiger partial charge in [0.25, 0.3) is 5.91 Å². The topological polar surface area (TPSA) is 56.6 Å². The van der Waals surface area contributed by atoms with Gasteiger partial charge in [0.05, 0.1) is 36.9 Å². The number of nitrogens with zero attached hydrogens (tertiary/aromatic N) is 3. The molecule has 0 bridgehead atoms. The number of thiophene rings is 1. The van der Waals surface area contributed by atoms with E-state index in [0.29, 0.717) is 40.7 Å². The Kier molecular flexibility index (Phi) is 5.48. The van der Waals surface area contributed by atoms with E-state index in [4.69, 9.17) is 9.47 Å². The number of morpholine rings is 1. The van der Waals surface area contributed by atoms with E-state index in [2.05, 4.69) is 5.10 Å². The van der Waals surface area contributed by atoms with Crippen LogP contribution in [0.5, 0.6) is 5.75 Å². The van der Waals surface area contributed by atoms with Gasteiger partial charge in [0.2, 0.25) is 0 Å². The Balaban J connectivity index is 1.93. The van der Waals surface area contributed by atoms with E-state index in [1.54, 1.807) is 30.2 Å². The lowest BCUT2D eigenvalue weighted by atomic mass is 10.0. The summed E-state index contributed by atoms with van der Waals surface area (Å²) in [5.74, 6) is 0.400. The highest BCUT2D eigenvalue weighted by Gasteiger charge is 2.36. The van der Waals surface area contributed by atoms with Gasteiger partial charge < -0.3 is 14.4 Å². The van der Waals surface area contributed by atoms with Gasteiger partial charge in [-0.05, 0) is 13.8 Å². The van der Waals surface area contributed by atoms with Crippen molar-refractivity contribution in [2.75, 3.05) is 26.9 Å². The highest BCUT2D eigenvalue weighted by atomic mass is 32.1. The first kappa shape index (κ1) is 19.7. The molecule has 1 saturated heterocycles. The fourth-order valence-electron chi connectivity index (χ4n) is 3.28. The first-order chi connectivity index (χ1) is 12.7. The number of aryl methyl sites for hydroxylation is 1. The predicted octanol–water partition coefficient (Wildman–Crippen LogP) is 3.35. The number of ether oxygens (including phenoxy) is 2. The van der Waals surface area contributed by atoms with Gasteiger partial charge in [0.15, 0.2) is 0 Å². The molecule has 1 aliphatic rings. The van der Waals surface area contributed by atoms with Crippen molar-refractivity contribution in [3.05, 3.63) is 33.3 Å². The Morgan fingerprint density at radius 3 is 2.81 bits per heavy atom. The highest BCUT2D eigenvalue weighted by molar-refractivity contribution is 7.12. The van der Waals surface area contributed by atoms with E-state index >= 15 is 0 Å². The van der Waals surface area contributed by atoms with Gasteiger partial charge in [-0.1, -0.05) is 0 Å². The molecule has 2 aromatic heterocycles. The number of hydrogen-bond donors (Lipinski definition) is 0. The van der Waals surface area contributed by atoms with Crippen molar-refractivity contribution in [2.45, 2.75) is 32.6 Å². The lowest BCUT2D eigenvalue weighted by molar-refractivity contribution is -0.143. The molecule has 27 heavy (non-hydrogen) atoms. The van der Waals surface area contributed by atoms with Crippen molar-refractivity contribution in [1.29, 1.82) is 0 Å². The van der Waals surface area contributed by atoms with Crippen molar-refractivity contribution < 1.29 is 27.4 Å². The van der Waals surface area contributed by atoms with Crippen LogP contribution in [-0.4, -0.2) is 53.6 Å². The number of hydrogen-bond acceptors (Lipinski definition) is 5. The van der Waals surface area contributed by atoms with Crippen LogP contribution in [-0.2, 0) is 11.3 Å². The van der Waals surface area contributed by atoms with Crippen molar-refractivity contribution in [1.82, 2.24) is 14.7 Å². The lowest BCUT2D eigenvalue weighted by Gasteiger charge is -2.35. The molecule has 0 N–H and O–H groups in total. The molecule has 0 spiro atoms. The van der Waals surface area contributed by atoms with Gasteiger partial charge in [-0.3, -0.25) is 9.48 Å². The molecule has 148 valence electrons. The molecule has 6 nitrogen and oxygen atoms in total. The number of amides is 1. The smallest absolute Gasteiger partial charge is 0.408 e. The third kappa shape index (κ3) is 4.11. The summed E-state index contributed by atoms with van der Waals surface area (Å²) in [5, 5.41) is 5.78. The largest absolute Gasteiger partial charge is 0.496 e. The summed E-state index contributed by atoms with van der Waals surface area (Å²) in [6, 6.07) is 1.17. The Bertz CT molecular complexity index is 831. The minimum atomic E-state index is -4.37. The fraction of sp³-hybridized carbons (Fsp3) is 0.529. The zero-order valence-electron chi connectivity index (χ0n) is 15.2. The molecule has 10 heteroatoms. The maximum atomic E-state index is 13.0. The summed E-state index contributed by atoms with van der Waals surface area (Å²) in [6.45, 7) is 3.02. The molecule has 1 fully saturated rings. The van der Waals surface area contributed by atoms with Gasteiger partial charge in [0, 0.05) is 29.2 Å². The number of halogens is 3. The van der Waals surface area contributed by atoms with Gasteiger partial charge in [0.1, 0.15) is 12.3 Å². The van der Waals surface area contributed by atoms with Crippen LogP contribution in [0.1, 0.15) is 32.7 Å². The maximum Gasteiger partial charge on any atom is 0.408 e. The fourth-order valence-corrected chi connectivity index (χ4v) is 4.09. The standard InChI is InChI=1S/C17H20F3N3O3S/c1-10-15(11(2)23(21-10)9-17(18,19)20)13-7-26-5-4-22(13)16(24)14-6-12(25-3)8-27-14/h6,8,13H,4-5,7,9H2,1-3H3/t13-/m1/s1. The van der Waals surface area contributed by atoms with Crippen LogP contribution in [0, 0.1) is 13.8 Å². The zero-order valence-corrected chi connectivity index (χ0v) is 16.0. The minimum Gasteiger partial charge on any atom is -0.496 e. The second kappa shape index (κ2) is 7.51. The molecular formula is C17H20F3N3O3S. The Morgan fingerprint density at radius 2 is 2.19 bits per heavy atom. The Hall–Kier alpha value is -2.07. The number of carbonyl (C=O) groups excluding carboxylic acids is 1. The third-order valence-electron chi connectivity index (χ3n) is 4.51. The van der Waals surface area contributed by atoms with E-state index in [1.807, 2.05) is 0 Å². The van der Waals surface area contributed by atoms with Crippen LogP contribution in [0.3, 0.4) is 0 Å². The van der Waals surface area contributed by atoms with Gasteiger partial charge in [-0.2, -0.15) is 18.3 Å². The van der Waals surface area contributed by atoms with Crippen LogP contribution in [0.15, 0.2) is 11.4 Å². The predicted molar refractivity (Wildman–Crippen MR) is 93.2 cm³/mol. The van der Waals surface area contributed by atoms with Gasteiger partial charge >= 0.3 is 6.18 Å². The Labute approximate surface area is 158 Å². The minimum absolute atomic E-state index is 0.195. The van der Waals surface area contributed by atoms with E-state index in [9.17, 15) is 18.0 Å². The van der Waals surface area contributed by atoms with Gasteiger partial charge in [-0.15, -0.1) is 11.3 Å². The van der Waals surface area contributed by atoms with E-state index in [-0.39, 0.29) is 12.5 Å². The summed E-state index contributed by atoms with van der Waals surface area (Å²) in [4.78, 5) is 15.1. The lowest BCUT2D eigenvalue weighted by Crippen LogP contribution is -2.43. The van der Waals surface area contributed by atoms with Crippen LogP contribution in [0.4, 0.5) is 13.2 Å². The van der Waals surface area contributed by atoms with Crippen molar-refractivity contribution in [3.63, 3.8) is 0 Å². The van der Waals surface area contributed by atoms with E-state index in [0.717, 1.165) is 4.68 Å². The van der Waals surface area contributed by atoms with E-state index < -0.39 is 18.8 Å². The molecule has 0 unspecified atom stereocenters. The van der Waals surface area contributed by atoms with Gasteiger partial charge in [-0.25, -0.2) is 0 Å². The summed E-state index contributed by atoms with van der Waals surface area (Å²) in [7, 11) is 1.52. The van der Waals surface area contributed by atoms with Crippen LogP contribution in [0.2, 0.25) is 0 Å². The molecule has 1 amide bonds. The van der Waals surface area contributed by atoms with Crippen molar-refractivity contribution in [3.8, 4) is 5.75 Å². The first-order valence-corrected chi connectivity index (χ1v) is 9.21. The number of carbonyl (C=O) groups is 1. The van der Waals surface area contributed by atoms with Crippen molar-refractivity contribution in [2.24, 2.45) is 0 Å².